The number of esters is 1. The fourth-order valence-electron chi connectivity index (χ4n) is 3.61. The molecule has 0 aromatic heterocycles. The molecule has 0 N–H and O–H groups in total. The summed E-state index contributed by atoms with van der Waals surface area (Å²) in [5, 5.41) is 0. The topological polar surface area (TPSA) is 29.5 Å². The molecule has 0 saturated carbocycles. The maximum atomic E-state index is 12.2. The van der Waals surface area contributed by atoms with E-state index in [1.54, 1.807) is 0 Å². The molecule has 30 heavy (non-hydrogen) atoms. The molecule has 0 aliphatic heterocycles. The molecule has 1 aromatic rings. The minimum Gasteiger partial charge on any atom is -0.442 e. The van der Waals surface area contributed by atoms with Crippen molar-refractivity contribution in [1.29, 1.82) is 0 Å². The Morgan fingerprint density at radius 2 is 1.37 bits per heavy atom. The van der Waals surface area contributed by atoms with Gasteiger partial charge in [-0.1, -0.05) is 101 Å². The second-order valence-electron chi connectivity index (χ2n) is 8.55. The van der Waals surface area contributed by atoms with Gasteiger partial charge in [0.2, 0.25) is 0 Å². The molecule has 0 bridgehead atoms. The van der Waals surface area contributed by atoms with E-state index in [9.17, 15) is 4.79 Å². The molecule has 0 aliphatic carbocycles. The number of allylic oxidation sites excluding steroid dienone is 2. The van der Waals surface area contributed by atoms with Crippen molar-refractivity contribution < 1.29 is 9.53 Å². The molecule has 0 fully saturated rings. The Labute approximate surface area is 185 Å². The normalized spacial score (nSPS) is 12.5. The Morgan fingerprint density at radius 3 is 1.93 bits per heavy atom. The lowest BCUT2D eigenvalue weighted by Gasteiger charge is -2.24. The van der Waals surface area contributed by atoms with E-state index in [-0.39, 0.29) is 12.2 Å². The third-order valence-electron chi connectivity index (χ3n) is 5.44. The Balaban J connectivity index is 1.99. The average molecular weight is 416 g/mol. The molecular formula is C27H45NO2. The molecule has 3 nitrogen and oxygen atoms in total. The van der Waals surface area contributed by atoms with E-state index < -0.39 is 0 Å². The van der Waals surface area contributed by atoms with Gasteiger partial charge < -0.3 is 4.74 Å². The highest BCUT2D eigenvalue weighted by Gasteiger charge is 2.18. The molecule has 1 aromatic carbocycles. The number of ether oxygens (including phenoxy) is 1. The first-order valence-electron chi connectivity index (χ1n) is 12.2. The first-order chi connectivity index (χ1) is 14.6. The van der Waals surface area contributed by atoms with Gasteiger partial charge in [0, 0.05) is 12.0 Å². The third-order valence-corrected chi connectivity index (χ3v) is 5.44. The second-order valence-corrected chi connectivity index (χ2v) is 8.55. The number of carbonyl (C=O) groups excluding carboxylic acids is 1. The Bertz CT molecular complexity index is 553. The van der Waals surface area contributed by atoms with Crippen LogP contribution in [0, 0.1) is 0 Å². The first kappa shape index (κ1) is 26.4. The molecule has 1 rings (SSSR count). The van der Waals surface area contributed by atoms with Gasteiger partial charge in [-0.25, -0.2) is 0 Å². The number of hydrogen-bond acceptors (Lipinski definition) is 3. The maximum absolute atomic E-state index is 12.2. The average Bonchev–Trinajstić information content (AvgIpc) is 2.75. The highest BCUT2D eigenvalue weighted by molar-refractivity contribution is 5.69. The van der Waals surface area contributed by atoms with Gasteiger partial charge >= 0.3 is 5.97 Å². The lowest BCUT2D eigenvalue weighted by Crippen LogP contribution is -2.25. The SMILES string of the molecule is CCCCCCCC/C=C\CCCCCCCC(=O)OC(c1ccccc1)N(C)C. The number of hydrogen-bond donors (Lipinski definition) is 0. The Hall–Kier alpha value is -1.61. The van der Waals surface area contributed by atoms with Crippen LogP contribution < -0.4 is 0 Å². The fraction of sp³-hybridized carbons (Fsp3) is 0.667. The van der Waals surface area contributed by atoms with Crippen molar-refractivity contribution in [3.05, 3.63) is 48.0 Å². The molecule has 0 radical (unpaired) electrons. The number of carbonyl (C=O) groups is 1. The summed E-state index contributed by atoms with van der Waals surface area (Å²) in [6, 6.07) is 9.93. The summed E-state index contributed by atoms with van der Waals surface area (Å²) in [7, 11) is 3.88. The van der Waals surface area contributed by atoms with Crippen LogP contribution in [0.5, 0.6) is 0 Å². The standard InChI is InChI=1S/C27H45NO2/c1-4-5-6-7-8-9-10-11-12-13-14-15-16-17-21-24-26(29)30-27(28(2)3)25-22-19-18-20-23-25/h11-12,18-20,22-23,27H,4-10,13-17,21,24H2,1-3H3/b12-11-. The zero-order valence-electron chi connectivity index (χ0n) is 19.8. The van der Waals surface area contributed by atoms with Crippen LogP contribution in [0.25, 0.3) is 0 Å². The van der Waals surface area contributed by atoms with E-state index in [0.29, 0.717) is 6.42 Å². The minimum absolute atomic E-state index is 0.102. The smallest absolute Gasteiger partial charge is 0.307 e. The van der Waals surface area contributed by atoms with Gasteiger partial charge in [-0.3, -0.25) is 9.69 Å². The van der Waals surface area contributed by atoms with Crippen molar-refractivity contribution in [3.8, 4) is 0 Å². The Morgan fingerprint density at radius 1 is 0.833 bits per heavy atom. The highest BCUT2D eigenvalue weighted by atomic mass is 16.6. The predicted molar refractivity (Wildman–Crippen MR) is 128 cm³/mol. The molecule has 170 valence electrons. The molecule has 1 unspecified atom stereocenters. The van der Waals surface area contributed by atoms with Gasteiger partial charge in [0.1, 0.15) is 0 Å². The maximum Gasteiger partial charge on any atom is 0.307 e. The minimum atomic E-state index is -0.304. The zero-order valence-corrected chi connectivity index (χ0v) is 19.8. The van der Waals surface area contributed by atoms with Gasteiger partial charge in [-0.05, 0) is 46.2 Å². The van der Waals surface area contributed by atoms with Crippen LogP contribution >= 0.6 is 0 Å². The third kappa shape index (κ3) is 13.6. The largest absolute Gasteiger partial charge is 0.442 e. The van der Waals surface area contributed by atoms with Crippen LogP contribution in [0.4, 0.5) is 0 Å². The molecule has 0 amide bonds. The first-order valence-corrected chi connectivity index (χ1v) is 12.2. The van der Waals surface area contributed by atoms with E-state index in [1.807, 2.05) is 49.3 Å². The molecule has 0 saturated heterocycles. The van der Waals surface area contributed by atoms with Gasteiger partial charge in [0.15, 0.2) is 6.23 Å². The van der Waals surface area contributed by atoms with Crippen molar-refractivity contribution in [3.63, 3.8) is 0 Å². The van der Waals surface area contributed by atoms with E-state index in [1.165, 1.54) is 70.6 Å². The number of benzene rings is 1. The quantitative estimate of drug-likeness (QED) is 0.106. The lowest BCUT2D eigenvalue weighted by atomic mass is 10.1. The van der Waals surface area contributed by atoms with Gasteiger partial charge in [0.25, 0.3) is 0 Å². The molecule has 0 spiro atoms. The van der Waals surface area contributed by atoms with E-state index in [2.05, 4.69) is 19.1 Å². The number of rotatable bonds is 18. The second kappa shape index (κ2) is 18.2. The highest BCUT2D eigenvalue weighted by Crippen LogP contribution is 2.20. The van der Waals surface area contributed by atoms with Crippen molar-refractivity contribution in [2.75, 3.05) is 14.1 Å². The molecular weight excluding hydrogens is 370 g/mol. The fourth-order valence-corrected chi connectivity index (χ4v) is 3.61. The van der Waals surface area contributed by atoms with E-state index >= 15 is 0 Å². The molecule has 0 aliphatic rings. The van der Waals surface area contributed by atoms with Gasteiger partial charge in [-0.15, -0.1) is 0 Å². The molecule has 3 heteroatoms. The van der Waals surface area contributed by atoms with Crippen LogP contribution in [0.3, 0.4) is 0 Å². The summed E-state index contributed by atoms with van der Waals surface area (Å²) in [4.78, 5) is 14.1. The summed E-state index contributed by atoms with van der Waals surface area (Å²) >= 11 is 0. The summed E-state index contributed by atoms with van der Waals surface area (Å²) in [6.45, 7) is 2.27. The van der Waals surface area contributed by atoms with E-state index in [0.717, 1.165) is 18.4 Å². The lowest BCUT2D eigenvalue weighted by molar-refractivity contribution is -0.158. The summed E-state index contributed by atoms with van der Waals surface area (Å²) < 4.78 is 5.69. The molecule has 0 heterocycles. The number of unbranched alkanes of at least 4 members (excludes halogenated alkanes) is 11. The summed E-state index contributed by atoms with van der Waals surface area (Å²) in [5.41, 5.74) is 1.01. The van der Waals surface area contributed by atoms with Crippen LogP contribution in [0.2, 0.25) is 0 Å². The number of nitrogens with zero attached hydrogens (tertiary/aromatic N) is 1. The summed E-state index contributed by atoms with van der Waals surface area (Å²) in [5.74, 6) is -0.102. The van der Waals surface area contributed by atoms with Crippen LogP contribution in [0.1, 0.15) is 109 Å². The molecule has 1 atom stereocenters. The predicted octanol–water partition coefficient (Wildman–Crippen LogP) is 7.83. The van der Waals surface area contributed by atoms with Crippen molar-refractivity contribution in [2.45, 2.75) is 103 Å². The zero-order chi connectivity index (χ0) is 21.9. The van der Waals surface area contributed by atoms with E-state index in [4.69, 9.17) is 4.74 Å². The summed E-state index contributed by atoms with van der Waals surface area (Å²) in [6.07, 6.45) is 21.3. The van der Waals surface area contributed by atoms with Crippen LogP contribution in [-0.4, -0.2) is 25.0 Å². The van der Waals surface area contributed by atoms with Crippen molar-refractivity contribution in [2.24, 2.45) is 0 Å². The van der Waals surface area contributed by atoms with Crippen molar-refractivity contribution >= 4 is 5.97 Å². The monoisotopic (exact) mass is 415 g/mol. The Kier molecular flexibility index (Phi) is 16.0. The van der Waals surface area contributed by atoms with Gasteiger partial charge in [-0.2, -0.15) is 0 Å². The van der Waals surface area contributed by atoms with Crippen molar-refractivity contribution in [1.82, 2.24) is 4.90 Å². The van der Waals surface area contributed by atoms with Gasteiger partial charge in [0.05, 0.1) is 0 Å². The van der Waals surface area contributed by atoms with Crippen LogP contribution in [0.15, 0.2) is 42.5 Å². The van der Waals surface area contributed by atoms with Crippen LogP contribution in [-0.2, 0) is 9.53 Å².